The molecule has 0 atom stereocenters. The third kappa shape index (κ3) is 6.22. The maximum absolute atomic E-state index is 5.64. The van der Waals surface area contributed by atoms with Gasteiger partial charge < -0.3 is 10.6 Å². The lowest BCUT2D eigenvalue weighted by molar-refractivity contribution is 0.297. The Bertz CT molecular complexity index is 550. The van der Waals surface area contributed by atoms with E-state index >= 15 is 0 Å². The normalized spacial score (nSPS) is 10.8. The molecule has 0 saturated carbocycles. The van der Waals surface area contributed by atoms with Crippen molar-refractivity contribution in [1.82, 2.24) is 9.88 Å². The van der Waals surface area contributed by atoms with Crippen LogP contribution >= 0.6 is 23.7 Å². The lowest BCUT2D eigenvalue weighted by Crippen LogP contribution is -2.23. The van der Waals surface area contributed by atoms with Crippen molar-refractivity contribution >= 4 is 23.7 Å². The zero-order chi connectivity index (χ0) is 15.8. The summed E-state index contributed by atoms with van der Waals surface area (Å²) in [6.07, 6.45) is 5.56. The molecule has 0 unspecified atom stereocenters. The summed E-state index contributed by atoms with van der Waals surface area (Å²) in [5.41, 5.74) is 8.25. The molecule has 2 aromatic rings. The molecule has 0 radical (unpaired) electrons. The van der Waals surface area contributed by atoms with Gasteiger partial charge in [0.05, 0.1) is 0 Å². The average Bonchev–Trinajstić information content (AvgIpc) is 3.05. The van der Waals surface area contributed by atoms with Crippen LogP contribution in [0.3, 0.4) is 0 Å². The summed E-state index contributed by atoms with van der Waals surface area (Å²) in [6, 6.07) is 8.82. The molecular formula is C18H28ClN3S. The molecule has 1 heterocycles. The molecule has 0 amide bonds. The highest BCUT2D eigenvalue weighted by atomic mass is 35.5. The van der Waals surface area contributed by atoms with E-state index in [4.69, 9.17) is 5.73 Å². The number of nitrogens with zero attached hydrogens (tertiary/aromatic N) is 2. The van der Waals surface area contributed by atoms with Crippen LogP contribution < -0.4 is 5.73 Å². The number of halogens is 1. The highest BCUT2D eigenvalue weighted by molar-refractivity contribution is 7.15. The van der Waals surface area contributed by atoms with Gasteiger partial charge in [0.2, 0.25) is 0 Å². The van der Waals surface area contributed by atoms with Crippen LogP contribution in [0.1, 0.15) is 37.1 Å². The number of hydrogen-bond donors (Lipinski definition) is 1. The number of rotatable bonds is 9. The lowest BCUT2D eigenvalue weighted by atomic mass is 10.1. The molecule has 0 aliphatic rings. The highest BCUT2D eigenvalue weighted by Gasteiger charge is 2.04. The topological polar surface area (TPSA) is 42.2 Å². The number of aromatic nitrogens is 1. The number of unbranched alkanes of at least 4 members (excludes halogenated alkanes) is 1. The summed E-state index contributed by atoms with van der Waals surface area (Å²) in [5.74, 6) is 0. The van der Waals surface area contributed by atoms with Gasteiger partial charge in [-0.25, -0.2) is 4.98 Å². The first-order valence-electron chi connectivity index (χ1n) is 8.23. The van der Waals surface area contributed by atoms with Crippen LogP contribution in [-0.4, -0.2) is 29.5 Å². The van der Waals surface area contributed by atoms with E-state index in [0.717, 1.165) is 29.4 Å². The zero-order valence-electron chi connectivity index (χ0n) is 14.1. The minimum Gasteiger partial charge on any atom is -0.326 e. The minimum absolute atomic E-state index is 0. The van der Waals surface area contributed by atoms with E-state index < -0.39 is 0 Å². The van der Waals surface area contributed by atoms with Crippen LogP contribution in [-0.2, 0) is 13.0 Å². The Hall–Kier alpha value is -0.940. The van der Waals surface area contributed by atoms with Gasteiger partial charge in [-0.1, -0.05) is 38.1 Å². The van der Waals surface area contributed by atoms with E-state index in [1.165, 1.54) is 30.5 Å². The van der Waals surface area contributed by atoms with Crippen LogP contribution in [0.4, 0.5) is 0 Å². The average molecular weight is 354 g/mol. The Kier molecular flexibility index (Phi) is 9.41. The van der Waals surface area contributed by atoms with Crippen molar-refractivity contribution < 1.29 is 0 Å². The summed E-state index contributed by atoms with van der Waals surface area (Å²) < 4.78 is 0. The fourth-order valence-electron chi connectivity index (χ4n) is 2.55. The van der Waals surface area contributed by atoms with Gasteiger partial charge in [0.25, 0.3) is 0 Å². The summed E-state index contributed by atoms with van der Waals surface area (Å²) in [6.45, 7) is 8.57. The van der Waals surface area contributed by atoms with E-state index in [1.807, 2.05) is 6.20 Å². The van der Waals surface area contributed by atoms with Gasteiger partial charge in [-0.15, -0.1) is 23.7 Å². The maximum atomic E-state index is 5.64. The Labute approximate surface area is 150 Å². The molecule has 0 aliphatic heterocycles. The summed E-state index contributed by atoms with van der Waals surface area (Å²) >= 11 is 1.68. The summed E-state index contributed by atoms with van der Waals surface area (Å²) in [4.78, 5) is 8.05. The Morgan fingerprint density at radius 1 is 1.09 bits per heavy atom. The molecule has 0 aliphatic carbocycles. The van der Waals surface area contributed by atoms with Crippen molar-refractivity contribution in [2.75, 3.05) is 19.6 Å². The second-order valence-corrected chi connectivity index (χ2v) is 6.63. The van der Waals surface area contributed by atoms with Crippen LogP contribution in [0.5, 0.6) is 0 Å². The second kappa shape index (κ2) is 10.8. The molecule has 0 spiro atoms. The first-order chi connectivity index (χ1) is 10.8. The van der Waals surface area contributed by atoms with Gasteiger partial charge in [-0.05, 0) is 44.5 Å². The molecule has 1 aromatic carbocycles. The van der Waals surface area contributed by atoms with Gasteiger partial charge in [-0.3, -0.25) is 0 Å². The molecular weight excluding hydrogens is 326 g/mol. The van der Waals surface area contributed by atoms with Crippen molar-refractivity contribution in [2.45, 2.75) is 39.7 Å². The van der Waals surface area contributed by atoms with Crippen LogP contribution in [0.2, 0.25) is 0 Å². The molecule has 1 aromatic heterocycles. The van der Waals surface area contributed by atoms with E-state index in [2.05, 4.69) is 48.0 Å². The largest absolute Gasteiger partial charge is 0.326 e. The fourth-order valence-corrected chi connectivity index (χ4v) is 3.35. The fraction of sp³-hybridized carbons (Fsp3) is 0.500. The van der Waals surface area contributed by atoms with Crippen LogP contribution in [0, 0.1) is 0 Å². The van der Waals surface area contributed by atoms with Crippen molar-refractivity contribution in [3.63, 3.8) is 0 Å². The standard InChI is InChI=1S/C18H27N3S.ClH/c1-3-21(4-2)12-6-5-7-15-8-10-16(11-9-15)18-20-14-17(13-19)22-18;/h8-11,14H,3-7,12-13,19H2,1-2H3;1H. The van der Waals surface area contributed by atoms with E-state index in [-0.39, 0.29) is 12.4 Å². The second-order valence-electron chi connectivity index (χ2n) is 5.52. The van der Waals surface area contributed by atoms with E-state index in [1.54, 1.807) is 11.3 Å². The molecule has 2 rings (SSSR count). The molecule has 3 nitrogen and oxygen atoms in total. The van der Waals surface area contributed by atoms with E-state index in [9.17, 15) is 0 Å². The highest BCUT2D eigenvalue weighted by Crippen LogP contribution is 2.25. The monoisotopic (exact) mass is 353 g/mol. The number of aryl methyl sites for hydroxylation is 1. The molecule has 5 heteroatoms. The Balaban J connectivity index is 0.00000264. The minimum atomic E-state index is 0. The first kappa shape index (κ1) is 20.1. The Morgan fingerprint density at radius 3 is 2.35 bits per heavy atom. The van der Waals surface area contributed by atoms with Gasteiger partial charge in [0.1, 0.15) is 5.01 Å². The predicted octanol–water partition coefficient (Wildman–Crippen LogP) is 4.36. The third-order valence-corrected chi connectivity index (χ3v) is 5.11. The van der Waals surface area contributed by atoms with Crippen molar-refractivity contribution in [3.05, 3.63) is 40.9 Å². The molecule has 0 fully saturated rings. The lowest BCUT2D eigenvalue weighted by Gasteiger charge is -2.17. The SMILES string of the molecule is CCN(CC)CCCCc1ccc(-c2ncc(CN)s2)cc1.Cl. The van der Waals surface area contributed by atoms with Crippen LogP contribution in [0.15, 0.2) is 30.5 Å². The van der Waals surface area contributed by atoms with Crippen LogP contribution in [0.25, 0.3) is 10.6 Å². The summed E-state index contributed by atoms with van der Waals surface area (Å²) in [7, 11) is 0. The molecule has 0 saturated heterocycles. The van der Waals surface area contributed by atoms with E-state index in [0.29, 0.717) is 6.54 Å². The van der Waals surface area contributed by atoms with Gasteiger partial charge >= 0.3 is 0 Å². The summed E-state index contributed by atoms with van der Waals surface area (Å²) in [5, 5.41) is 1.06. The van der Waals surface area contributed by atoms with Gasteiger partial charge in [0, 0.05) is 23.2 Å². The first-order valence-corrected chi connectivity index (χ1v) is 9.04. The number of benzene rings is 1. The van der Waals surface area contributed by atoms with Crippen molar-refractivity contribution in [2.24, 2.45) is 5.73 Å². The number of hydrogen-bond acceptors (Lipinski definition) is 4. The predicted molar refractivity (Wildman–Crippen MR) is 103 cm³/mol. The third-order valence-electron chi connectivity index (χ3n) is 4.04. The van der Waals surface area contributed by atoms with Gasteiger partial charge in [0.15, 0.2) is 0 Å². The molecule has 128 valence electrons. The van der Waals surface area contributed by atoms with Gasteiger partial charge in [-0.2, -0.15) is 0 Å². The molecule has 23 heavy (non-hydrogen) atoms. The number of nitrogens with two attached hydrogens (primary N) is 1. The Morgan fingerprint density at radius 2 is 1.78 bits per heavy atom. The van der Waals surface area contributed by atoms with Crippen molar-refractivity contribution in [1.29, 1.82) is 0 Å². The molecule has 2 N–H and O–H groups in total. The molecule has 0 bridgehead atoms. The number of thiazole rings is 1. The quantitative estimate of drug-likeness (QED) is 0.681. The maximum Gasteiger partial charge on any atom is 0.123 e. The smallest absolute Gasteiger partial charge is 0.123 e. The van der Waals surface area contributed by atoms with Crippen molar-refractivity contribution in [3.8, 4) is 10.6 Å². The zero-order valence-corrected chi connectivity index (χ0v) is 15.8.